The summed E-state index contributed by atoms with van der Waals surface area (Å²) >= 11 is 0. The molecule has 0 aromatic heterocycles. The molecule has 0 spiro atoms. The maximum atomic E-state index is 12.1. The van der Waals surface area contributed by atoms with Gasteiger partial charge in [0.2, 0.25) is 6.43 Å². The van der Waals surface area contributed by atoms with Crippen LogP contribution in [0.25, 0.3) is 0 Å². The molecule has 0 fully saturated rings. The van der Waals surface area contributed by atoms with E-state index in [2.05, 4.69) is 0 Å². The Balaban J connectivity index is 2.77. The molecule has 11 heavy (non-hydrogen) atoms. The van der Waals surface area contributed by atoms with E-state index in [4.69, 9.17) is 0 Å². The quantitative estimate of drug-likeness (QED) is 0.617. The van der Waals surface area contributed by atoms with Crippen LogP contribution in [0.15, 0.2) is 30.3 Å². The lowest BCUT2D eigenvalue weighted by molar-refractivity contribution is 0.121. The van der Waals surface area contributed by atoms with Crippen LogP contribution in [-0.4, -0.2) is 6.43 Å². The predicted molar refractivity (Wildman–Crippen MR) is 40.9 cm³/mol. The molecule has 0 aliphatic rings. The summed E-state index contributed by atoms with van der Waals surface area (Å²) in [5.74, 6) is -0.656. The highest BCUT2D eigenvalue weighted by atomic mass is 19.3. The van der Waals surface area contributed by atoms with Crippen molar-refractivity contribution in [3.63, 3.8) is 0 Å². The fraction of sp³-hybridized carbons (Fsp3) is 0.333. The standard InChI is InChI=1S/C9H10F2/c1-7(9(10)11)8-5-3-2-4-6-8/h2-7,9H,1H3/t7-/m1/s1. The number of hydrogen-bond acceptors (Lipinski definition) is 0. The summed E-state index contributed by atoms with van der Waals surface area (Å²) in [5.41, 5.74) is 0.697. The second kappa shape index (κ2) is 3.46. The molecule has 0 saturated carbocycles. The molecule has 0 bridgehead atoms. The van der Waals surface area contributed by atoms with E-state index in [0.717, 1.165) is 0 Å². The summed E-state index contributed by atoms with van der Waals surface area (Å²) in [7, 11) is 0. The summed E-state index contributed by atoms with van der Waals surface area (Å²) in [6.07, 6.45) is -2.27. The van der Waals surface area contributed by atoms with Crippen LogP contribution in [0.2, 0.25) is 0 Å². The van der Waals surface area contributed by atoms with Crippen LogP contribution in [0, 0.1) is 0 Å². The molecule has 0 heterocycles. The third-order valence-corrected chi connectivity index (χ3v) is 1.70. The first-order chi connectivity index (χ1) is 5.22. The van der Waals surface area contributed by atoms with E-state index in [9.17, 15) is 8.78 Å². The molecule has 0 aliphatic carbocycles. The zero-order chi connectivity index (χ0) is 8.27. The second-order valence-corrected chi connectivity index (χ2v) is 2.53. The number of halogens is 2. The van der Waals surface area contributed by atoms with Gasteiger partial charge in [-0.05, 0) is 5.56 Å². The number of rotatable bonds is 2. The first-order valence-electron chi connectivity index (χ1n) is 3.55. The predicted octanol–water partition coefficient (Wildman–Crippen LogP) is 3.06. The average molecular weight is 156 g/mol. The summed E-state index contributed by atoms with van der Waals surface area (Å²) in [6.45, 7) is 1.53. The Bertz CT molecular complexity index is 206. The van der Waals surface area contributed by atoms with E-state index in [0.29, 0.717) is 5.56 Å². The van der Waals surface area contributed by atoms with Crippen molar-refractivity contribution in [2.24, 2.45) is 0 Å². The highest BCUT2D eigenvalue weighted by Crippen LogP contribution is 2.21. The van der Waals surface area contributed by atoms with Gasteiger partial charge in [0.25, 0.3) is 0 Å². The summed E-state index contributed by atoms with van der Waals surface area (Å²) in [5, 5.41) is 0. The normalized spacial score (nSPS) is 13.5. The van der Waals surface area contributed by atoms with Crippen LogP contribution in [0.3, 0.4) is 0 Å². The van der Waals surface area contributed by atoms with Crippen molar-refractivity contribution < 1.29 is 8.78 Å². The summed E-state index contributed by atoms with van der Waals surface area (Å²) in [6, 6.07) is 8.80. The van der Waals surface area contributed by atoms with Gasteiger partial charge in [0.15, 0.2) is 0 Å². The van der Waals surface area contributed by atoms with E-state index in [1.807, 2.05) is 6.07 Å². The van der Waals surface area contributed by atoms with E-state index in [1.165, 1.54) is 6.92 Å². The van der Waals surface area contributed by atoms with Gasteiger partial charge in [0, 0.05) is 5.92 Å². The molecule has 60 valence electrons. The van der Waals surface area contributed by atoms with E-state index in [-0.39, 0.29) is 0 Å². The van der Waals surface area contributed by atoms with Gasteiger partial charge in [-0.2, -0.15) is 0 Å². The molecule has 0 radical (unpaired) electrons. The van der Waals surface area contributed by atoms with Crippen LogP contribution in [0.4, 0.5) is 8.78 Å². The Labute approximate surface area is 64.9 Å². The van der Waals surface area contributed by atoms with Gasteiger partial charge in [-0.1, -0.05) is 37.3 Å². The minimum atomic E-state index is -2.27. The molecule has 1 atom stereocenters. The minimum Gasteiger partial charge on any atom is -0.210 e. The smallest absolute Gasteiger partial charge is 0.210 e. The maximum absolute atomic E-state index is 12.1. The molecule has 1 aromatic carbocycles. The molecule has 0 amide bonds. The van der Waals surface area contributed by atoms with Gasteiger partial charge in [-0.15, -0.1) is 0 Å². The van der Waals surface area contributed by atoms with Crippen molar-refractivity contribution in [2.75, 3.05) is 0 Å². The Kier molecular flexibility index (Phi) is 2.58. The van der Waals surface area contributed by atoms with Crippen LogP contribution in [0.5, 0.6) is 0 Å². The zero-order valence-electron chi connectivity index (χ0n) is 6.30. The second-order valence-electron chi connectivity index (χ2n) is 2.53. The van der Waals surface area contributed by atoms with E-state index in [1.54, 1.807) is 24.3 Å². The monoisotopic (exact) mass is 156 g/mol. The molecule has 1 aromatic rings. The van der Waals surface area contributed by atoms with Crippen molar-refractivity contribution in [3.05, 3.63) is 35.9 Å². The SMILES string of the molecule is C[C@H](c1ccccc1)C(F)F. The highest BCUT2D eigenvalue weighted by molar-refractivity contribution is 5.19. The van der Waals surface area contributed by atoms with Gasteiger partial charge in [-0.25, -0.2) is 8.78 Å². The average Bonchev–Trinajstić information content (AvgIpc) is 2.05. The number of hydrogen-bond donors (Lipinski definition) is 0. The van der Waals surface area contributed by atoms with Crippen molar-refractivity contribution in [3.8, 4) is 0 Å². The largest absolute Gasteiger partial charge is 0.245 e. The maximum Gasteiger partial charge on any atom is 0.245 e. The fourth-order valence-electron chi connectivity index (χ4n) is 0.902. The van der Waals surface area contributed by atoms with Crippen LogP contribution >= 0.6 is 0 Å². The van der Waals surface area contributed by atoms with E-state index >= 15 is 0 Å². The van der Waals surface area contributed by atoms with Gasteiger partial charge < -0.3 is 0 Å². The van der Waals surface area contributed by atoms with Crippen molar-refractivity contribution in [1.82, 2.24) is 0 Å². The Morgan fingerprint density at radius 1 is 1.09 bits per heavy atom. The van der Waals surface area contributed by atoms with E-state index < -0.39 is 12.3 Å². The lowest BCUT2D eigenvalue weighted by atomic mass is 10.0. The molecule has 1 rings (SSSR count). The molecular weight excluding hydrogens is 146 g/mol. The zero-order valence-corrected chi connectivity index (χ0v) is 6.30. The first kappa shape index (κ1) is 8.18. The van der Waals surface area contributed by atoms with Crippen LogP contribution < -0.4 is 0 Å². The molecule has 0 unspecified atom stereocenters. The lowest BCUT2D eigenvalue weighted by Crippen LogP contribution is -2.03. The Hall–Kier alpha value is -0.920. The topological polar surface area (TPSA) is 0 Å². The molecule has 0 nitrogen and oxygen atoms in total. The summed E-state index contributed by atoms with van der Waals surface area (Å²) < 4.78 is 24.2. The van der Waals surface area contributed by atoms with Crippen LogP contribution in [-0.2, 0) is 0 Å². The van der Waals surface area contributed by atoms with Gasteiger partial charge >= 0.3 is 0 Å². The van der Waals surface area contributed by atoms with Crippen molar-refractivity contribution >= 4 is 0 Å². The molecule has 0 aliphatic heterocycles. The summed E-state index contributed by atoms with van der Waals surface area (Å²) in [4.78, 5) is 0. The van der Waals surface area contributed by atoms with Gasteiger partial charge in [0.1, 0.15) is 0 Å². The third kappa shape index (κ3) is 2.00. The van der Waals surface area contributed by atoms with Gasteiger partial charge in [0.05, 0.1) is 0 Å². The molecular formula is C9H10F2. The number of benzene rings is 1. The fourth-order valence-corrected chi connectivity index (χ4v) is 0.902. The first-order valence-corrected chi connectivity index (χ1v) is 3.55. The lowest BCUT2D eigenvalue weighted by Gasteiger charge is -2.09. The van der Waals surface area contributed by atoms with Crippen molar-refractivity contribution in [2.45, 2.75) is 19.3 Å². The Morgan fingerprint density at radius 2 is 1.64 bits per heavy atom. The molecule has 0 N–H and O–H groups in total. The van der Waals surface area contributed by atoms with Crippen LogP contribution in [0.1, 0.15) is 18.4 Å². The number of alkyl halides is 2. The highest BCUT2D eigenvalue weighted by Gasteiger charge is 2.15. The Morgan fingerprint density at radius 3 is 2.09 bits per heavy atom. The minimum absolute atomic E-state index is 0.656. The molecule has 0 saturated heterocycles. The van der Waals surface area contributed by atoms with Crippen molar-refractivity contribution in [1.29, 1.82) is 0 Å². The third-order valence-electron chi connectivity index (χ3n) is 1.70. The molecule has 2 heteroatoms. The van der Waals surface area contributed by atoms with Gasteiger partial charge in [-0.3, -0.25) is 0 Å².